The molecule has 0 amide bonds. The van der Waals surface area contributed by atoms with E-state index in [1.165, 1.54) is 12.3 Å². The topological polar surface area (TPSA) is 76.2 Å². The molecule has 0 radical (unpaired) electrons. The van der Waals surface area contributed by atoms with Gasteiger partial charge in [-0.1, -0.05) is 0 Å². The Balaban J connectivity index is 2.34. The van der Waals surface area contributed by atoms with Crippen LogP contribution in [0.2, 0.25) is 0 Å². The van der Waals surface area contributed by atoms with Crippen LogP contribution in [-0.4, -0.2) is 16.1 Å². The van der Waals surface area contributed by atoms with Gasteiger partial charge in [-0.3, -0.25) is 4.98 Å². The minimum Gasteiger partial charge on any atom is -0.478 e. The summed E-state index contributed by atoms with van der Waals surface area (Å²) in [5.74, 6) is -0.490. The lowest BCUT2D eigenvalue weighted by atomic mass is 10.0. The molecule has 1 aromatic heterocycles. The standard InChI is InChI=1S/C10H12N2O2/c11-9(6-1-2-6)8-5-12-4-3-7(8)10(13)14/h3-6,9H,1-2,11H2,(H,13,14)/t9-/m0/s1. The maximum absolute atomic E-state index is 10.9. The molecule has 1 heterocycles. The number of hydrogen-bond donors (Lipinski definition) is 2. The van der Waals surface area contributed by atoms with E-state index < -0.39 is 5.97 Å². The fraction of sp³-hybridized carbons (Fsp3) is 0.400. The molecule has 1 aromatic rings. The Labute approximate surface area is 81.8 Å². The van der Waals surface area contributed by atoms with Crippen molar-refractivity contribution in [1.82, 2.24) is 4.98 Å². The number of rotatable bonds is 3. The number of nitrogens with two attached hydrogens (primary N) is 1. The summed E-state index contributed by atoms with van der Waals surface area (Å²) in [6.07, 6.45) is 5.23. The summed E-state index contributed by atoms with van der Waals surface area (Å²) in [7, 11) is 0. The van der Waals surface area contributed by atoms with E-state index in [0.29, 0.717) is 11.5 Å². The summed E-state index contributed by atoms with van der Waals surface area (Å²) in [6.45, 7) is 0. The van der Waals surface area contributed by atoms with Crippen LogP contribution in [0.1, 0.15) is 34.8 Å². The molecule has 1 fully saturated rings. The van der Waals surface area contributed by atoms with Gasteiger partial charge in [0.1, 0.15) is 0 Å². The van der Waals surface area contributed by atoms with Crippen LogP contribution in [0.3, 0.4) is 0 Å². The Hall–Kier alpha value is -1.42. The zero-order chi connectivity index (χ0) is 10.1. The maximum atomic E-state index is 10.9. The molecule has 1 aliphatic rings. The molecule has 2 rings (SSSR count). The second-order valence-electron chi connectivity index (χ2n) is 3.63. The zero-order valence-corrected chi connectivity index (χ0v) is 7.68. The molecular formula is C10H12N2O2. The van der Waals surface area contributed by atoms with Gasteiger partial charge in [0.05, 0.1) is 5.56 Å². The fourth-order valence-corrected chi connectivity index (χ4v) is 1.58. The van der Waals surface area contributed by atoms with Crippen molar-refractivity contribution in [2.45, 2.75) is 18.9 Å². The summed E-state index contributed by atoms with van der Waals surface area (Å²) in [5, 5.41) is 8.93. The molecular weight excluding hydrogens is 180 g/mol. The van der Waals surface area contributed by atoms with Gasteiger partial charge in [-0.2, -0.15) is 0 Å². The second-order valence-corrected chi connectivity index (χ2v) is 3.63. The minimum absolute atomic E-state index is 0.171. The first-order valence-corrected chi connectivity index (χ1v) is 4.63. The molecule has 1 atom stereocenters. The lowest BCUT2D eigenvalue weighted by Crippen LogP contribution is -2.17. The van der Waals surface area contributed by atoms with Crippen LogP contribution < -0.4 is 5.73 Å². The highest BCUT2D eigenvalue weighted by Crippen LogP contribution is 2.39. The Morgan fingerprint density at radius 3 is 2.93 bits per heavy atom. The van der Waals surface area contributed by atoms with Crippen LogP contribution in [0.5, 0.6) is 0 Å². The van der Waals surface area contributed by atoms with Crippen LogP contribution in [0, 0.1) is 5.92 Å². The van der Waals surface area contributed by atoms with Gasteiger partial charge in [0.25, 0.3) is 0 Å². The lowest BCUT2D eigenvalue weighted by Gasteiger charge is -2.12. The van der Waals surface area contributed by atoms with Gasteiger partial charge in [0.2, 0.25) is 0 Å². The largest absolute Gasteiger partial charge is 0.478 e. The SMILES string of the molecule is N[C@H](c1cnccc1C(=O)O)C1CC1. The molecule has 0 aromatic carbocycles. The molecule has 0 bridgehead atoms. The van der Waals surface area contributed by atoms with Crippen LogP contribution in [0.25, 0.3) is 0 Å². The molecule has 0 unspecified atom stereocenters. The number of pyridine rings is 1. The van der Waals surface area contributed by atoms with Crippen molar-refractivity contribution >= 4 is 5.97 Å². The molecule has 0 aliphatic heterocycles. The van der Waals surface area contributed by atoms with Crippen LogP contribution in [-0.2, 0) is 0 Å². The van der Waals surface area contributed by atoms with Crippen molar-refractivity contribution in [1.29, 1.82) is 0 Å². The monoisotopic (exact) mass is 192 g/mol. The average Bonchev–Trinajstić information content (AvgIpc) is 3.00. The van der Waals surface area contributed by atoms with Crippen molar-refractivity contribution in [3.63, 3.8) is 0 Å². The molecule has 4 heteroatoms. The van der Waals surface area contributed by atoms with Gasteiger partial charge in [-0.15, -0.1) is 0 Å². The van der Waals surface area contributed by atoms with Crippen LogP contribution in [0.4, 0.5) is 0 Å². The van der Waals surface area contributed by atoms with Gasteiger partial charge in [-0.05, 0) is 24.8 Å². The predicted molar refractivity (Wildman–Crippen MR) is 50.8 cm³/mol. The third-order valence-electron chi connectivity index (χ3n) is 2.57. The number of carbonyl (C=O) groups is 1. The number of nitrogens with zero attached hydrogens (tertiary/aromatic N) is 1. The van der Waals surface area contributed by atoms with Gasteiger partial charge < -0.3 is 10.8 Å². The lowest BCUT2D eigenvalue weighted by molar-refractivity contribution is 0.0695. The average molecular weight is 192 g/mol. The summed E-state index contributed by atoms with van der Waals surface area (Å²) < 4.78 is 0. The van der Waals surface area contributed by atoms with E-state index in [2.05, 4.69) is 4.98 Å². The Morgan fingerprint density at radius 2 is 2.36 bits per heavy atom. The third kappa shape index (κ3) is 1.61. The first-order chi connectivity index (χ1) is 6.70. The van der Waals surface area contributed by atoms with Gasteiger partial charge >= 0.3 is 5.97 Å². The highest BCUT2D eigenvalue weighted by atomic mass is 16.4. The fourth-order valence-electron chi connectivity index (χ4n) is 1.58. The second kappa shape index (κ2) is 3.38. The van der Waals surface area contributed by atoms with E-state index in [1.807, 2.05) is 0 Å². The van der Waals surface area contributed by atoms with Gasteiger partial charge in [-0.25, -0.2) is 4.79 Å². The van der Waals surface area contributed by atoms with Crippen molar-refractivity contribution in [2.24, 2.45) is 11.7 Å². The molecule has 14 heavy (non-hydrogen) atoms. The molecule has 3 N–H and O–H groups in total. The smallest absolute Gasteiger partial charge is 0.336 e. The number of hydrogen-bond acceptors (Lipinski definition) is 3. The van der Waals surface area contributed by atoms with E-state index in [-0.39, 0.29) is 11.6 Å². The quantitative estimate of drug-likeness (QED) is 0.754. The third-order valence-corrected chi connectivity index (χ3v) is 2.57. The molecule has 0 saturated heterocycles. The van der Waals surface area contributed by atoms with Gasteiger partial charge in [0, 0.05) is 24.0 Å². The number of aromatic nitrogens is 1. The molecule has 1 saturated carbocycles. The Bertz CT molecular complexity index is 361. The van der Waals surface area contributed by atoms with Crippen molar-refractivity contribution < 1.29 is 9.90 Å². The summed E-state index contributed by atoms with van der Waals surface area (Å²) >= 11 is 0. The molecule has 4 nitrogen and oxygen atoms in total. The van der Waals surface area contributed by atoms with Crippen LogP contribution in [0.15, 0.2) is 18.5 Å². The maximum Gasteiger partial charge on any atom is 0.336 e. The van der Waals surface area contributed by atoms with Crippen molar-refractivity contribution in [2.75, 3.05) is 0 Å². The summed E-state index contributed by atoms with van der Waals surface area (Å²) in [4.78, 5) is 14.8. The number of carboxylic acid groups (broad SMARTS) is 1. The van der Waals surface area contributed by atoms with Crippen molar-refractivity contribution in [3.8, 4) is 0 Å². The first kappa shape index (κ1) is 9.15. The molecule has 1 aliphatic carbocycles. The molecule has 74 valence electrons. The normalized spacial score (nSPS) is 17.8. The van der Waals surface area contributed by atoms with E-state index in [0.717, 1.165) is 12.8 Å². The minimum atomic E-state index is -0.932. The molecule has 0 spiro atoms. The van der Waals surface area contributed by atoms with E-state index in [9.17, 15) is 4.79 Å². The predicted octanol–water partition coefficient (Wildman–Crippen LogP) is 1.19. The van der Waals surface area contributed by atoms with Gasteiger partial charge in [0.15, 0.2) is 0 Å². The van der Waals surface area contributed by atoms with Crippen molar-refractivity contribution in [3.05, 3.63) is 29.6 Å². The highest BCUT2D eigenvalue weighted by Gasteiger charge is 2.31. The zero-order valence-electron chi connectivity index (χ0n) is 7.68. The number of aromatic carboxylic acids is 1. The van der Waals surface area contributed by atoms with E-state index >= 15 is 0 Å². The Morgan fingerprint density at radius 1 is 1.64 bits per heavy atom. The van der Waals surface area contributed by atoms with Crippen LogP contribution >= 0.6 is 0 Å². The van der Waals surface area contributed by atoms with E-state index in [1.54, 1.807) is 6.20 Å². The first-order valence-electron chi connectivity index (χ1n) is 4.63. The van der Waals surface area contributed by atoms with E-state index in [4.69, 9.17) is 10.8 Å². The summed E-state index contributed by atoms with van der Waals surface area (Å²) in [6, 6.07) is 1.33. The highest BCUT2D eigenvalue weighted by molar-refractivity contribution is 5.89. The summed E-state index contributed by atoms with van der Waals surface area (Å²) in [5.41, 5.74) is 6.87. The Kier molecular flexibility index (Phi) is 2.21. The number of carboxylic acids is 1.